The van der Waals surface area contributed by atoms with Crippen LogP contribution in [0.3, 0.4) is 0 Å². The summed E-state index contributed by atoms with van der Waals surface area (Å²) in [7, 11) is 0. The number of nitrogens with zero attached hydrogens (tertiary/aromatic N) is 1. The van der Waals surface area contributed by atoms with Crippen LogP contribution < -0.4 is 5.73 Å². The molecule has 0 spiro atoms. The molecule has 2 aliphatic rings. The van der Waals surface area contributed by atoms with Crippen molar-refractivity contribution in [1.29, 1.82) is 0 Å². The normalized spacial score (nSPS) is 29.2. The summed E-state index contributed by atoms with van der Waals surface area (Å²) in [5.41, 5.74) is 7.23. The summed E-state index contributed by atoms with van der Waals surface area (Å²) < 4.78 is 5.62. The number of hydrogen-bond donors (Lipinski definition) is 1. The maximum Gasteiger partial charge on any atom is 0.108 e. The van der Waals surface area contributed by atoms with Crippen LogP contribution >= 0.6 is 0 Å². The molecule has 1 aliphatic carbocycles. The Balaban J connectivity index is 1.81. The zero-order valence-corrected chi connectivity index (χ0v) is 11.1. The predicted octanol–water partition coefficient (Wildman–Crippen LogP) is 2.86. The van der Waals surface area contributed by atoms with Gasteiger partial charge in [0.25, 0.3) is 0 Å². The molecule has 2 heterocycles. The summed E-state index contributed by atoms with van der Waals surface area (Å²) >= 11 is 0. The molecule has 1 aliphatic heterocycles. The first-order valence-electron chi connectivity index (χ1n) is 7.42. The largest absolute Gasteiger partial charge is 0.469 e. The second-order valence-electron chi connectivity index (χ2n) is 5.67. The van der Waals surface area contributed by atoms with E-state index in [1.54, 1.807) is 0 Å². The van der Waals surface area contributed by atoms with Crippen LogP contribution in [-0.4, -0.2) is 24.0 Å². The Bertz CT molecular complexity index is 386. The lowest BCUT2D eigenvalue weighted by molar-refractivity contribution is 0.0785. The van der Waals surface area contributed by atoms with Crippen LogP contribution in [-0.2, 0) is 6.42 Å². The highest BCUT2D eigenvalue weighted by molar-refractivity contribution is 5.24. The Hall–Kier alpha value is -0.800. The van der Waals surface area contributed by atoms with Gasteiger partial charge in [0, 0.05) is 24.1 Å². The van der Waals surface area contributed by atoms with Crippen LogP contribution in [0.4, 0.5) is 0 Å². The highest BCUT2D eigenvalue weighted by atomic mass is 16.3. The number of nitrogens with two attached hydrogens (primary N) is 1. The highest BCUT2D eigenvalue weighted by Crippen LogP contribution is 2.38. The third-order valence-electron chi connectivity index (χ3n) is 4.59. The van der Waals surface area contributed by atoms with Crippen molar-refractivity contribution in [2.75, 3.05) is 13.1 Å². The van der Waals surface area contributed by atoms with Crippen LogP contribution in [0, 0.1) is 0 Å². The molecule has 18 heavy (non-hydrogen) atoms. The van der Waals surface area contributed by atoms with E-state index in [0.717, 1.165) is 19.4 Å². The lowest BCUT2D eigenvalue weighted by Crippen LogP contribution is -2.43. The molecule has 3 heteroatoms. The minimum absolute atomic E-state index is 0.587. The fourth-order valence-corrected chi connectivity index (χ4v) is 3.74. The monoisotopic (exact) mass is 248 g/mol. The maximum atomic E-state index is 5.78. The van der Waals surface area contributed by atoms with E-state index >= 15 is 0 Å². The zero-order valence-electron chi connectivity index (χ0n) is 11.1. The number of rotatable bonds is 3. The van der Waals surface area contributed by atoms with Crippen LogP contribution in [0.25, 0.3) is 0 Å². The van der Waals surface area contributed by atoms with Gasteiger partial charge in [-0.25, -0.2) is 0 Å². The quantitative estimate of drug-likeness (QED) is 0.894. The molecule has 1 fully saturated rings. The summed E-state index contributed by atoms with van der Waals surface area (Å²) in [6, 6.07) is 3.46. The Kier molecular flexibility index (Phi) is 3.71. The number of likely N-dealkylation sites (tertiary alicyclic amines) is 1. The summed E-state index contributed by atoms with van der Waals surface area (Å²) in [6.45, 7) is 2.05. The number of hydrogen-bond acceptors (Lipinski definition) is 3. The van der Waals surface area contributed by atoms with E-state index in [9.17, 15) is 0 Å². The van der Waals surface area contributed by atoms with Crippen molar-refractivity contribution in [1.82, 2.24) is 4.90 Å². The van der Waals surface area contributed by atoms with Gasteiger partial charge in [-0.2, -0.15) is 0 Å². The van der Waals surface area contributed by atoms with Crippen molar-refractivity contribution in [3.63, 3.8) is 0 Å². The zero-order chi connectivity index (χ0) is 12.4. The first kappa shape index (κ1) is 12.2. The Morgan fingerprint density at radius 3 is 3.11 bits per heavy atom. The van der Waals surface area contributed by atoms with Gasteiger partial charge < -0.3 is 10.2 Å². The molecule has 100 valence electrons. The van der Waals surface area contributed by atoms with Crippen LogP contribution in [0.5, 0.6) is 0 Å². The van der Waals surface area contributed by atoms with E-state index in [2.05, 4.69) is 11.0 Å². The van der Waals surface area contributed by atoms with Crippen LogP contribution in [0.15, 0.2) is 16.7 Å². The van der Waals surface area contributed by atoms with Crippen molar-refractivity contribution in [3.8, 4) is 0 Å². The first-order valence-corrected chi connectivity index (χ1v) is 7.42. The van der Waals surface area contributed by atoms with Gasteiger partial charge in [0.2, 0.25) is 0 Å². The molecule has 1 saturated heterocycles. The molecule has 3 rings (SSSR count). The Morgan fingerprint density at radius 1 is 1.28 bits per heavy atom. The molecule has 0 saturated carbocycles. The maximum absolute atomic E-state index is 5.78. The van der Waals surface area contributed by atoms with Gasteiger partial charge in [-0.05, 0) is 51.3 Å². The average molecular weight is 248 g/mol. The van der Waals surface area contributed by atoms with Crippen LogP contribution in [0.1, 0.15) is 55.9 Å². The van der Waals surface area contributed by atoms with E-state index in [0.29, 0.717) is 12.1 Å². The molecule has 2 unspecified atom stereocenters. The summed E-state index contributed by atoms with van der Waals surface area (Å²) in [5.74, 6) is 1.23. The fourth-order valence-electron chi connectivity index (χ4n) is 3.74. The van der Waals surface area contributed by atoms with E-state index < -0.39 is 0 Å². The van der Waals surface area contributed by atoms with Crippen molar-refractivity contribution >= 4 is 0 Å². The summed E-state index contributed by atoms with van der Waals surface area (Å²) in [5, 5.41) is 0. The van der Waals surface area contributed by atoms with E-state index in [1.165, 1.54) is 50.0 Å². The van der Waals surface area contributed by atoms with Crippen molar-refractivity contribution in [2.45, 2.75) is 57.0 Å². The van der Waals surface area contributed by atoms with E-state index in [-0.39, 0.29) is 0 Å². The molecule has 2 atom stereocenters. The molecule has 0 amide bonds. The fraction of sp³-hybridized carbons (Fsp3) is 0.733. The second-order valence-corrected chi connectivity index (χ2v) is 5.67. The van der Waals surface area contributed by atoms with Crippen molar-refractivity contribution < 1.29 is 4.42 Å². The Morgan fingerprint density at radius 2 is 2.22 bits per heavy atom. The molecular formula is C15H24N2O. The number of piperidine rings is 1. The molecule has 0 bridgehead atoms. The SMILES string of the molecule is NCCC1CCCCN1C1CCCc2occc21. The van der Waals surface area contributed by atoms with E-state index in [4.69, 9.17) is 10.2 Å². The van der Waals surface area contributed by atoms with Gasteiger partial charge in [-0.15, -0.1) is 0 Å². The molecule has 1 aromatic rings. The highest BCUT2D eigenvalue weighted by Gasteiger charge is 2.33. The third kappa shape index (κ3) is 2.21. The number of aryl methyl sites for hydroxylation is 1. The minimum atomic E-state index is 0.587. The average Bonchev–Trinajstić information content (AvgIpc) is 2.88. The third-order valence-corrected chi connectivity index (χ3v) is 4.59. The smallest absolute Gasteiger partial charge is 0.108 e. The molecule has 0 radical (unpaired) electrons. The van der Waals surface area contributed by atoms with Crippen LogP contribution in [0.2, 0.25) is 0 Å². The summed E-state index contributed by atoms with van der Waals surface area (Å²) in [4.78, 5) is 2.71. The van der Waals surface area contributed by atoms with Gasteiger partial charge >= 0.3 is 0 Å². The number of furan rings is 1. The number of fused-ring (bicyclic) bond motifs is 1. The lowest BCUT2D eigenvalue weighted by atomic mass is 9.88. The first-order chi connectivity index (χ1) is 8.90. The molecule has 2 N–H and O–H groups in total. The predicted molar refractivity (Wildman–Crippen MR) is 72.4 cm³/mol. The summed E-state index contributed by atoms with van der Waals surface area (Å²) in [6.07, 6.45) is 10.7. The minimum Gasteiger partial charge on any atom is -0.469 e. The molecular weight excluding hydrogens is 224 g/mol. The lowest BCUT2D eigenvalue weighted by Gasteiger charge is -2.42. The van der Waals surface area contributed by atoms with Gasteiger partial charge in [0.15, 0.2) is 0 Å². The van der Waals surface area contributed by atoms with Crippen molar-refractivity contribution in [2.24, 2.45) is 5.73 Å². The van der Waals surface area contributed by atoms with E-state index in [1.807, 2.05) is 6.26 Å². The van der Waals surface area contributed by atoms with Crippen molar-refractivity contribution in [3.05, 3.63) is 23.7 Å². The van der Waals surface area contributed by atoms with Gasteiger partial charge in [0.1, 0.15) is 5.76 Å². The second kappa shape index (κ2) is 5.45. The van der Waals surface area contributed by atoms with Gasteiger partial charge in [-0.3, -0.25) is 4.90 Å². The van der Waals surface area contributed by atoms with Gasteiger partial charge in [-0.1, -0.05) is 6.42 Å². The molecule has 0 aromatic carbocycles. The standard InChI is InChI=1S/C15H24N2O/c16-9-7-12-4-1-2-10-17(12)14-5-3-6-15-13(14)8-11-18-15/h8,11-12,14H,1-7,9-10,16H2. The Labute approximate surface area is 109 Å². The topological polar surface area (TPSA) is 42.4 Å². The molecule has 3 nitrogen and oxygen atoms in total. The van der Waals surface area contributed by atoms with Gasteiger partial charge in [0.05, 0.1) is 6.26 Å². The molecule has 1 aromatic heterocycles.